The van der Waals surface area contributed by atoms with Crippen molar-refractivity contribution in [2.45, 2.75) is 18.1 Å². The molecular weight excluding hydrogens is 201 g/mol. The molecule has 1 aromatic rings. The third-order valence-corrected chi connectivity index (χ3v) is 3.57. The molecule has 5 heteroatoms. The molecule has 1 aliphatic rings. The molecule has 0 radical (unpaired) electrons. The van der Waals surface area contributed by atoms with Crippen LogP contribution in [0.2, 0.25) is 0 Å². The molecule has 0 bridgehead atoms. The molecular formula is C9H12FN3S. The second kappa shape index (κ2) is 4.59. The van der Waals surface area contributed by atoms with Crippen LogP contribution < -0.4 is 5.32 Å². The van der Waals surface area contributed by atoms with E-state index in [9.17, 15) is 4.39 Å². The summed E-state index contributed by atoms with van der Waals surface area (Å²) in [4.78, 5) is 7.33. The second-order valence-corrected chi connectivity index (χ2v) is 4.65. The van der Waals surface area contributed by atoms with Gasteiger partial charge in [0.05, 0.1) is 0 Å². The summed E-state index contributed by atoms with van der Waals surface area (Å²) >= 11 is 1.97. The molecule has 1 N–H and O–H groups in total. The Kier molecular flexibility index (Phi) is 3.18. The average Bonchev–Trinajstić information content (AvgIpc) is 2.67. The quantitative estimate of drug-likeness (QED) is 0.778. The van der Waals surface area contributed by atoms with E-state index in [4.69, 9.17) is 0 Å². The lowest BCUT2D eigenvalue weighted by atomic mass is 10.2. The molecule has 1 atom stereocenters. The number of anilines is 1. The molecule has 1 aliphatic heterocycles. The number of nitrogens with zero attached hydrogens (tertiary/aromatic N) is 2. The minimum Gasteiger partial charge on any atom is -0.369 e. The van der Waals surface area contributed by atoms with Crippen LogP contribution in [-0.2, 0) is 0 Å². The van der Waals surface area contributed by atoms with Gasteiger partial charge in [-0.05, 0) is 18.6 Å². The first-order valence-electron chi connectivity index (χ1n) is 4.67. The van der Waals surface area contributed by atoms with E-state index in [1.54, 1.807) is 0 Å². The third-order valence-electron chi connectivity index (χ3n) is 2.17. The highest BCUT2D eigenvalue weighted by atomic mass is 32.2. The summed E-state index contributed by atoms with van der Waals surface area (Å²) in [6.45, 7) is 0.862. The molecule has 1 aromatic heterocycles. The Labute approximate surface area is 86.5 Å². The van der Waals surface area contributed by atoms with Crippen LogP contribution in [0.1, 0.15) is 12.8 Å². The van der Waals surface area contributed by atoms with E-state index in [0.29, 0.717) is 11.1 Å². The number of nitrogens with one attached hydrogen (secondary N) is 1. The van der Waals surface area contributed by atoms with Gasteiger partial charge in [-0.25, -0.2) is 9.97 Å². The summed E-state index contributed by atoms with van der Waals surface area (Å²) in [5.74, 6) is 1.33. The van der Waals surface area contributed by atoms with Crippen molar-refractivity contribution in [1.82, 2.24) is 9.97 Å². The maximum atomic E-state index is 12.7. The maximum absolute atomic E-state index is 12.7. The standard InChI is InChI=1S/C9H12FN3S/c10-8-4-9(13-6-12-8)11-5-7-2-1-3-14-7/h4,6-7H,1-3,5H2,(H,11,12,13). The zero-order chi connectivity index (χ0) is 9.80. The smallest absolute Gasteiger partial charge is 0.217 e. The number of halogens is 1. The van der Waals surface area contributed by atoms with E-state index in [1.165, 1.54) is 31.0 Å². The summed E-state index contributed by atoms with van der Waals surface area (Å²) in [5.41, 5.74) is 0. The monoisotopic (exact) mass is 213 g/mol. The molecule has 1 fully saturated rings. The van der Waals surface area contributed by atoms with Crippen molar-refractivity contribution in [2.75, 3.05) is 17.6 Å². The molecule has 0 spiro atoms. The van der Waals surface area contributed by atoms with Crippen molar-refractivity contribution in [3.8, 4) is 0 Å². The lowest BCUT2D eigenvalue weighted by molar-refractivity contribution is 0.580. The summed E-state index contributed by atoms with van der Waals surface area (Å²) in [5, 5.41) is 3.76. The molecule has 3 nitrogen and oxygen atoms in total. The van der Waals surface area contributed by atoms with Gasteiger partial charge in [0.15, 0.2) is 0 Å². The van der Waals surface area contributed by atoms with Crippen LogP contribution in [0.15, 0.2) is 12.4 Å². The van der Waals surface area contributed by atoms with Crippen LogP contribution in [0, 0.1) is 5.95 Å². The minimum absolute atomic E-state index is 0.485. The van der Waals surface area contributed by atoms with Crippen molar-refractivity contribution in [3.63, 3.8) is 0 Å². The predicted molar refractivity (Wildman–Crippen MR) is 56.0 cm³/mol. The van der Waals surface area contributed by atoms with Crippen LogP contribution in [0.5, 0.6) is 0 Å². The highest BCUT2D eigenvalue weighted by Gasteiger charge is 2.14. The highest BCUT2D eigenvalue weighted by Crippen LogP contribution is 2.25. The molecule has 1 saturated heterocycles. The van der Waals surface area contributed by atoms with E-state index in [-0.39, 0.29) is 0 Å². The lowest BCUT2D eigenvalue weighted by Crippen LogP contribution is -2.14. The van der Waals surface area contributed by atoms with Gasteiger partial charge >= 0.3 is 0 Å². The zero-order valence-corrected chi connectivity index (χ0v) is 8.56. The maximum Gasteiger partial charge on any atom is 0.217 e. The number of thioether (sulfide) groups is 1. The SMILES string of the molecule is Fc1cc(NCC2CCCS2)ncn1. The van der Waals surface area contributed by atoms with Crippen LogP contribution in [0.3, 0.4) is 0 Å². The number of rotatable bonds is 3. The zero-order valence-electron chi connectivity index (χ0n) is 7.74. The molecule has 2 rings (SSSR count). The van der Waals surface area contributed by atoms with Crippen molar-refractivity contribution in [3.05, 3.63) is 18.3 Å². The molecule has 0 saturated carbocycles. The van der Waals surface area contributed by atoms with Crippen molar-refractivity contribution >= 4 is 17.6 Å². The fourth-order valence-electron chi connectivity index (χ4n) is 1.45. The summed E-state index contributed by atoms with van der Waals surface area (Å²) in [6, 6.07) is 1.32. The fourth-order valence-corrected chi connectivity index (χ4v) is 2.66. The van der Waals surface area contributed by atoms with E-state index < -0.39 is 5.95 Å². The third kappa shape index (κ3) is 2.57. The van der Waals surface area contributed by atoms with Gasteiger partial charge in [0, 0.05) is 17.9 Å². The molecule has 0 amide bonds. The Balaban J connectivity index is 1.85. The topological polar surface area (TPSA) is 37.8 Å². The Hall–Kier alpha value is -0.840. The minimum atomic E-state index is -0.485. The van der Waals surface area contributed by atoms with Gasteiger partial charge in [-0.2, -0.15) is 16.2 Å². The van der Waals surface area contributed by atoms with Gasteiger partial charge in [-0.15, -0.1) is 0 Å². The molecule has 2 heterocycles. The molecule has 14 heavy (non-hydrogen) atoms. The van der Waals surface area contributed by atoms with Gasteiger partial charge in [0.2, 0.25) is 5.95 Å². The average molecular weight is 213 g/mol. The summed E-state index contributed by atoms with van der Waals surface area (Å²) in [6.07, 6.45) is 3.76. The number of hydrogen-bond donors (Lipinski definition) is 1. The van der Waals surface area contributed by atoms with Crippen molar-refractivity contribution in [1.29, 1.82) is 0 Å². The van der Waals surface area contributed by atoms with Crippen LogP contribution >= 0.6 is 11.8 Å². The van der Waals surface area contributed by atoms with Crippen LogP contribution in [0.4, 0.5) is 10.2 Å². The van der Waals surface area contributed by atoms with Crippen LogP contribution in [-0.4, -0.2) is 27.5 Å². The molecule has 0 aromatic carbocycles. The first-order chi connectivity index (χ1) is 6.84. The molecule has 1 unspecified atom stereocenters. The number of hydrogen-bond acceptors (Lipinski definition) is 4. The van der Waals surface area contributed by atoms with E-state index in [2.05, 4.69) is 15.3 Å². The van der Waals surface area contributed by atoms with Gasteiger partial charge < -0.3 is 5.32 Å². The predicted octanol–water partition coefficient (Wildman–Crippen LogP) is 1.92. The number of aromatic nitrogens is 2. The summed E-state index contributed by atoms with van der Waals surface area (Å²) < 4.78 is 12.7. The first kappa shape index (κ1) is 9.71. The van der Waals surface area contributed by atoms with E-state index in [0.717, 1.165) is 6.54 Å². The lowest BCUT2D eigenvalue weighted by Gasteiger charge is -2.09. The van der Waals surface area contributed by atoms with Crippen molar-refractivity contribution in [2.24, 2.45) is 0 Å². The highest BCUT2D eigenvalue weighted by molar-refractivity contribution is 8.00. The van der Waals surface area contributed by atoms with Crippen molar-refractivity contribution < 1.29 is 4.39 Å². The largest absolute Gasteiger partial charge is 0.369 e. The Morgan fingerprint density at radius 3 is 3.21 bits per heavy atom. The van der Waals surface area contributed by atoms with E-state index >= 15 is 0 Å². The van der Waals surface area contributed by atoms with Gasteiger partial charge in [-0.1, -0.05) is 0 Å². The molecule has 76 valence electrons. The summed E-state index contributed by atoms with van der Waals surface area (Å²) in [7, 11) is 0. The Morgan fingerprint density at radius 1 is 1.57 bits per heavy atom. The first-order valence-corrected chi connectivity index (χ1v) is 5.72. The van der Waals surface area contributed by atoms with E-state index in [1.807, 2.05) is 11.8 Å². The Morgan fingerprint density at radius 2 is 2.50 bits per heavy atom. The normalized spacial score (nSPS) is 21.1. The van der Waals surface area contributed by atoms with Gasteiger partial charge in [-0.3, -0.25) is 0 Å². The molecule has 0 aliphatic carbocycles. The van der Waals surface area contributed by atoms with Crippen LogP contribution in [0.25, 0.3) is 0 Å². The van der Waals surface area contributed by atoms with Gasteiger partial charge in [0.25, 0.3) is 0 Å². The fraction of sp³-hybridized carbons (Fsp3) is 0.556. The Bertz CT molecular complexity index is 302. The second-order valence-electron chi connectivity index (χ2n) is 3.24. The van der Waals surface area contributed by atoms with Gasteiger partial charge in [0.1, 0.15) is 12.1 Å².